The van der Waals surface area contributed by atoms with Crippen LogP contribution in [0.2, 0.25) is 0 Å². The van der Waals surface area contributed by atoms with Crippen molar-refractivity contribution in [1.29, 1.82) is 0 Å². The van der Waals surface area contributed by atoms with Crippen molar-refractivity contribution < 1.29 is 9.53 Å². The molecule has 2 rings (SSSR count). The van der Waals surface area contributed by atoms with Crippen molar-refractivity contribution in [3.05, 3.63) is 29.8 Å². The molecule has 0 fully saturated rings. The number of ether oxygens (including phenoxy) is 1. The van der Waals surface area contributed by atoms with Gasteiger partial charge < -0.3 is 15.8 Å². The minimum absolute atomic E-state index is 0.000700. The molecule has 104 valence electrons. The zero-order valence-corrected chi connectivity index (χ0v) is 11.6. The molecule has 1 amide bonds. The van der Waals surface area contributed by atoms with Crippen LogP contribution in [0.4, 0.5) is 0 Å². The number of nitrogens with two attached hydrogens (primary N) is 1. The van der Waals surface area contributed by atoms with Crippen molar-refractivity contribution in [3.63, 3.8) is 0 Å². The van der Waals surface area contributed by atoms with E-state index < -0.39 is 0 Å². The Bertz CT molecular complexity index is 421. The van der Waals surface area contributed by atoms with Crippen LogP contribution in [0.1, 0.15) is 25.8 Å². The summed E-state index contributed by atoms with van der Waals surface area (Å²) >= 11 is 0. The van der Waals surface area contributed by atoms with E-state index in [1.54, 1.807) is 0 Å². The first-order valence-electron chi connectivity index (χ1n) is 6.83. The summed E-state index contributed by atoms with van der Waals surface area (Å²) in [6.45, 7) is 4.58. The SMILES string of the molecule is CC(C)C(N)CC(=O)NCC1Cc2ccccc2O1. The maximum Gasteiger partial charge on any atom is 0.221 e. The van der Waals surface area contributed by atoms with Gasteiger partial charge in [-0.05, 0) is 17.5 Å². The van der Waals surface area contributed by atoms with E-state index in [0.29, 0.717) is 18.9 Å². The van der Waals surface area contributed by atoms with Gasteiger partial charge in [-0.2, -0.15) is 0 Å². The van der Waals surface area contributed by atoms with Gasteiger partial charge in [-0.25, -0.2) is 0 Å². The Morgan fingerprint density at radius 1 is 1.47 bits per heavy atom. The molecule has 0 radical (unpaired) electrons. The van der Waals surface area contributed by atoms with E-state index in [0.717, 1.165) is 12.2 Å². The van der Waals surface area contributed by atoms with Crippen LogP contribution in [0.25, 0.3) is 0 Å². The van der Waals surface area contributed by atoms with Crippen LogP contribution in [0, 0.1) is 5.92 Å². The fraction of sp³-hybridized carbons (Fsp3) is 0.533. The van der Waals surface area contributed by atoms with Gasteiger partial charge in [0, 0.05) is 18.9 Å². The molecule has 19 heavy (non-hydrogen) atoms. The lowest BCUT2D eigenvalue weighted by Crippen LogP contribution is -2.39. The maximum absolute atomic E-state index is 11.7. The van der Waals surface area contributed by atoms with Crippen LogP contribution in [0.3, 0.4) is 0 Å². The summed E-state index contributed by atoms with van der Waals surface area (Å²) in [6.07, 6.45) is 1.26. The number of para-hydroxylation sites is 1. The molecule has 1 heterocycles. The van der Waals surface area contributed by atoms with Gasteiger partial charge in [-0.15, -0.1) is 0 Å². The summed E-state index contributed by atoms with van der Waals surface area (Å²) in [7, 11) is 0. The van der Waals surface area contributed by atoms with Gasteiger partial charge in [0.2, 0.25) is 5.91 Å². The predicted octanol–water partition coefficient (Wildman–Crippen LogP) is 1.48. The predicted molar refractivity (Wildman–Crippen MR) is 75.0 cm³/mol. The third-order valence-electron chi connectivity index (χ3n) is 3.52. The topological polar surface area (TPSA) is 64.4 Å². The molecule has 4 nitrogen and oxygen atoms in total. The molecular formula is C15H22N2O2. The molecule has 0 saturated carbocycles. The molecule has 2 unspecified atom stereocenters. The second-order valence-corrected chi connectivity index (χ2v) is 5.47. The van der Waals surface area contributed by atoms with E-state index in [1.807, 2.05) is 32.0 Å². The number of carbonyl (C=O) groups is 1. The number of nitrogens with one attached hydrogen (secondary N) is 1. The monoisotopic (exact) mass is 262 g/mol. The van der Waals surface area contributed by atoms with Crippen LogP contribution in [0.5, 0.6) is 5.75 Å². The van der Waals surface area contributed by atoms with Gasteiger partial charge in [-0.3, -0.25) is 4.79 Å². The van der Waals surface area contributed by atoms with Crippen molar-refractivity contribution in [1.82, 2.24) is 5.32 Å². The normalized spacial score (nSPS) is 18.8. The van der Waals surface area contributed by atoms with Crippen molar-refractivity contribution in [2.45, 2.75) is 38.8 Å². The van der Waals surface area contributed by atoms with Crippen LogP contribution < -0.4 is 15.8 Å². The van der Waals surface area contributed by atoms with Crippen LogP contribution in [0.15, 0.2) is 24.3 Å². The van der Waals surface area contributed by atoms with Crippen molar-refractivity contribution >= 4 is 5.91 Å². The molecule has 0 spiro atoms. The van der Waals surface area contributed by atoms with E-state index in [-0.39, 0.29) is 18.1 Å². The first-order valence-corrected chi connectivity index (χ1v) is 6.83. The van der Waals surface area contributed by atoms with Crippen LogP contribution >= 0.6 is 0 Å². The zero-order chi connectivity index (χ0) is 13.8. The molecule has 1 aromatic carbocycles. The molecule has 1 aliphatic rings. The zero-order valence-electron chi connectivity index (χ0n) is 11.6. The summed E-state index contributed by atoms with van der Waals surface area (Å²) < 4.78 is 5.76. The molecule has 2 atom stereocenters. The molecule has 4 heteroatoms. The van der Waals surface area contributed by atoms with E-state index in [2.05, 4.69) is 11.4 Å². The Labute approximate surface area is 114 Å². The third-order valence-corrected chi connectivity index (χ3v) is 3.52. The molecule has 1 aromatic rings. The fourth-order valence-electron chi connectivity index (χ4n) is 2.12. The number of hydrogen-bond acceptors (Lipinski definition) is 3. The standard InChI is InChI=1S/C15H22N2O2/c1-10(2)13(16)8-15(18)17-9-12-7-11-5-3-4-6-14(11)19-12/h3-6,10,12-13H,7-9,16H2,1-2H3,(H,17,18). The summed E-state index contributed by atoms with van der Waals surface area (Å²) in [6, 6.07) is 7.91. The molecule has 0 saturated heterocycles. The van der Waals surface area contributed by atoms with Gasteiger partial charge in [0.05, 0.1) is 6.54 Å². The molecule has 0 aromatic heterocycles. The number of amides is 1. The second kappa shape index (κ2) is 6.06. The number of fused-ring (bicyclic) bond motifs is 1. The third kappa shape index (κ3) is 3.70. The smallest absolute Gasteiger partial charge is 0.221 e. The Kier molecular flexibility index (Phi) is 4.43. The molecule has 3 N–H and O–H groups in total. The quantitative estimate of drug-likeness (QED) is 0.845. The number of carbonyl (C=O) groups excluding carboxylic acids is 1. The summed E-state index contributed by atoms with van der Waals surface area (Å²) in [5.74, 6) is 1.25. The van der Waals surface area contributed by atoms with Gasteiger partial charge >= 0.3 is 0 Å². The molecule has 1 aliphatic heterocycles. The molecule has 0 aliphatic carbocycles. The average molecular weight is 262 g/mol. The summed E-state index contributed by atoms with van der Waals surface area (Å²) in [5.41, 5.74) is 7.09. The molecule has 0 bridgehead atoms. The van der Waals surface area contributed by atoms with E-state index in [4.69, 9.17) is 10.5 Å². The highest BCUT2D eigenvalue weighted by Crippen LogP contribution is 2.27. The van der Waals surface area contributed by atoms with Crippen molar-refractivity contribution in [2.24, 2.45) is 11.7 Å². The minimum atomic E-state index is -0.0818. The lowest BCUT2D eigenvalue weighted by atomic mass is 10.0. The highest BCUT2D eigenvalue weighted by molar-refractivity contribution is 5.76. The van der Waals surface area contributed by atoms with Gasteiger partial charge in [0.15, 0.2) is 0 Å². The van der Waals surface area contributed by atoms with Gasteiger partial charge in [0.1, 0.15) is 11.9 Å². The van der Waals surface area contributed by atoms with Crippen molar-refractivity contribution in [3.8, 4) is 5.75 Å². The van der Waals surface area contributed by atoms with E-state index >= 15 is 0 Å². The number of benzene rings is 1. The second-order valence-electron chi connectivity index (χ2n) is 5.47. The fourth-order valence-corrected chi connectivity index (χ4v) is 2.12. The van der Waals surface area contributed by atoms with E-state index in [1.165, 1.54) is 5.56 Å². The van der Waals surface area contributed by atoms with Crippen LogP contribution in [-0.2, 0) is 11.2 Å². The number of hydrogen-bond donors (Lipinski definition) is 2. The van der Waals surface area contributed by atoms with Gasteiger partial charge in [-0.1, -0.05) is 32.0 Å². The Morgan fingerprint density at radius 3 is 2.89 bits per heavy atom. The highest BCUT2D eigenvalue weighted by Gasteiger charge is 2.23. The van der Waals surface area contributed by atoms with Crippen molar-refractivity contribution in [2.75, 3.05) is 6.54 Å². The first-order chi connectivity index (χ1) is 9.06. The Morgan fingerprint density at radius 2 is 2.21 bits per heavy atom. The Balaban J connectivity index is 1.75. The van der Waals surface area contributed by atoms with Gasteiger partial charge in [0.25, 0.3) is 0 Å². The average Bonchev–Trinajstić information content (AvgIpc) is 2.78. The summed E-state index contributed by atoms with van der Waals surface area (Å²) in [5, 5.41) is 2.90. The Hall–Kier alpha value is -1.55. The minimum Gasteiger partial charge on any atom is -0.488 e. The van der Waals surface area contributed by atoms with E-state index in [9.17, 15) is 4.79 Å². The maximum atomic E-state index is 11.7. The highest BCUT2D eigenvalue weighted by atomic mass is 16.5. The lowest BCUT2D eigenvalue weighted by Gasteiger charge is -2.16. The lowest BCUT2D eigenvalue weighted by molar-refractivity contribution is -0.121. The number of rotatable bonds is 5. The molecular weight excluding hydrogens is 240 g/mol. The summed E-state index contributed by atoms with van der Waals surface area (Å²) in [4.78, 5) is 11.7. The first kappa shape index (κ1) is 13.9. The van der Waals surface area contributed by atoms with Crippen LogP contribution in [-0.4, -0.2) is 24.6 Å². The largest absolute Gasteiger partial charge is 0.488 e.